The van der Waals surface area contributed by atoms with Gasteiger partial charge in [-0.3, -0.25) is 9.98 Å². The molecule has 3 aromatic rings. The first-order valence-corrected chi connectivity index (χ1v) is 12.1. The van der Waals surface area contributed by atoms with Crippen LogP contribution in [0.1, 0.15) is 31.9 Å². The zero-order valence-corrected chi connectivity index (χ0v) is 21.7. The van der Waals surface area contributed by atoms with Crippen LogP contribution in [0.5, 0.6) is 5.75 Å². The molecule has 0 spiro atoms. The quantitative estimate of drug-likeness (QED) is 0.350. The van der Waals surface area contributed by atoms with Crippen molar-refractivity contribution >= 4 is 52.7 Å². The molecular formula is C28H33FN6O2. The number of hydrogen-bond donors (Lipinski definition) is 2. The first-order valence-electron chi connectivity index (χ1n) is 12.1. The first kappa shape index (κ1) is 27.5. The van der Waals surface area contributed by atoms with Crippen molar-refractivity contribution < 1.29 is 13.9 Å². The summed E-state index contributed by atoms with van der Waals surface area (Å²) in [4.78, 5) is 16.8. The number of halogens is 1. The van der Waals surface area contributed by atoms with E-state index in [0.29, 0.717) is 46.9 Å². The molecular weight excluding hydrogens is 471 g/mol. The molecule has 1 fully saturated rings. The number of aromatic nitrogens is 2. The van der Waals surface area contributed by atoms with Crippen LogP contribution >= 0.6 is 0 Å². The zero-order valence-electron chi connectivity index (χ0n) is 21.7. The van der Waals surface area contributed by atoms with Gasteiger partial charge in [0.15, 0.2) is 5.82 Å². The second-order valence-corrected chi connectivity index (χ2v) is 8.07. The number of allylic oxidation sites excluding steroid dienone is 1. The van der Waals surface area contributed by atoms with Gasteiger partial charge < -0.3 is 20.5 Å². The van der Waals surface area contributed by atoms with Crippen molar-refractivity contribution in [2.45, 2.75) is 26.9 Å². The lowest BCUT2D eigenvalue weighted by Gasteiger charge is -2.32. The molecule has 2 heterocycles. The lowest BCUT2D eigenvalue weighted by Crippen LogP contribution is -2.39. The Bertz CT molecular complexity index is 1330. The van der Waals surface area contributed by atoms with Crippen molar-refractivity contribution in [3.8, 4) is 5.75 Å². The van der Waals surface area contributed by atoms with Crippen molar-refractivity contribution in [3.05, 3.63) is 60.3 Å². The Morgan fingerprint density at radius 1 is 1.30 bits per heavy atom. The Hall–Kier alpha value is -4.11. The Labute approximate surface area is 216 Å². The topological polar surface area (TPSA) is 107 Å². The van der Waals surface area contributed by atoms with Crippen LogP contribution in [0, 0.1) is 11.7 Å². The Balaban J connectivity index is 0.00000186. The number of aliphatic imine (C=N–C) groups is 2. The normalized spacial score (nSPS) is 14.5. The number of anilines is 2. The molecule has 0 amide bonds. The summed E-state index contributed by atoms with van der Waals surface area (Å²) in [6, 6.07) is 6.97. The average molecular weight is 505 g/mol. The molecule has 1 aliphatic heterocycles. The van der Waals surface area contributed by atoms with Gasteiger partial charge in [0.1, 0.15) is 24.0 Å². The number of nitrogens with one attached hydrogen (secondary N) is 1. The van der Waals surface area contributed by atoms with E-state index in [0.717, 1.165) is 5.56 Å². The molecule has 0 aliphatic carbocycles. The molecule has 37 heavy (non-hydrogen) atoms. The number of rotatable bonds is 9. The van der Waals surface area contributed by atoms with Gasteiger partial charge in [0.2, 0.25) is 0 Å². The average Bonchev–Trinajstić information content (AvgIpc) is 2.88. The number of ether oxygens (including phenoxy) is 2. The molecule has 1 saturated heterocycles. The van der Waals surface area contributed by atoms with E-state index < -0.39 is 5.82 Å². The summed E-state index contributed by atoms with van der Waals surface area (Å²) in [7, 11) is 1.67. The van der Waals surface area contributed by atoms with Gasteiger partial charge in [-0.15, -0.1) is 0 Å². The number of nitrogens with two attached hydrogens (primary N) is 1. The third-order valence-electron chi connectivity index (χ3n) is 5.91. The molecule has 0 saturated carbocycles. The lowest BCUT2D eigenvalue weighted by atomic mass is 10.0. The van der Waals surface area contributed by atoms with Gasteiger partial charge >= 0.3 is 0 Å². The van der Waals surface area contributed by atoms with Crippen molar-refractivity contribution in [2.24, 2.45) is 21.6 Å². The smallest absolute Gasteiger partial charge is 0.156 e. The summed E-state index contributed by atoms with van der Waals surface area (Å²) >= 11 is 0. The molecule has 1 unspecified atom stereocenters. The van der Waals surface area contributed by atoms with E-state index in [9.17, 15) is 0 Å². The molecule has 194 valence electrons. The highest BCUT2D eigenvalue weighted by atomic mass is 19.1. The molecule has 9 heteroatoms. The van der Waals surface area contributed by atoms with E-state index in [1.165, 1.54) is 18.6 Å². The summed E-state index contributed by atoms with van der Waals surface area (Å²) in [6.45, 7) is 14.4. The fourth-order valence-corrected chi connectivity index (χ4v) is 3.82. The third kappa shape index (κ3) is 5.83. The van der Waals surface area contributed by atoms with E-state index in [1.807, 2.05) is 32.9 Å². The van der Waals surface area contributed by atoms with Crippen molar-refractivity contribution in [3.63, 3.8) is 0 Å². The molecule has 4 rings (SSSR count). The van der Waals surface area contributed by atoms with E-state index >= 15 is 4.39 Å². The second kappa shape index (κ2) is 12.7. The van der Waals surface area contributed by atoms with Gasteiger partial charge in [0.05, 0.1) is 35.5 Å². The first-order chi connectivity index (χ1) is 18.0. The SMILES string of the molecule is C=Cc1c(N=C)ccc(Nc2ncnc3cc(/C(C=NC)=C/N)cc(OC(C)C4COC4)c23)c1F.CC. The van der Waals surface area contributed by atoms with Crippen LogP contribution in [-0.2, 0) is 4.74 Å². The summed E-state index contributed by atoms with van der Waals surface area (Å²) in [5, 5.41) is 3.70. The standard InChI is InChI=1S/C26H27FN6O2.C2H6/c1-5-19-20(30-4)6-7-21(25(19)27)33-26-24-22(31-14-32-26)8-16(17(10-28)11-29-3)9-23(24)35-15(2)18-12-34-13-18;1-2/h5-11,14-15,18H,1,4,12-13,28H2,2-3H3,(H,31,32,33);1-2H3/b17-10+,29-11?;. The minimum absolute atomic E-state index is 0.123. The maximum absolute atomic E-state index is 15.2. The van der Waals surface area contributed by atoms with Crippen LogP contribution in [0.2, 0.25) is 0 Å². The van der Waals surface area contributed by atoms with Gasteiger partial charge in [-0.05, 0) is 43.5 Å². The van der Waals surface area contributed by atoms with Crippen molar-refractivity contribution in [2.75, 3.05) is 25.6 Å². The van der Waals surface area contributed by atoms with E-state index in [2.05, 4.69) is 38.6 Å². The van der Waals surface area contributed by atoms with Gasteiger partial charge in [0, 0.05) is 36.5 Å². The monoisotopic (exact) mass is 504 g/mol. The minimum atomic E-state index is -0.511. The fraction of sp³-hybridized carbons (Fsp3) is 0.286. The molecule has 3 N–H and O–H groups in total. The van der Waals surface area contributed by atoms with Gasteiger partial charge in [-0.25, -0.2) is 14.4 Å². The van der Waals surface area contributed by atoms with Crippen LogP contribution < -0.4 is 15.8 Å². The molecule has 1 aromatic heterocycles. The summed E-state index contributed by atoms with van der Waals surface area (Å²) < 4.78 is 26.9. The maximum Gasteiger partial charge on any atom is 0.156 e. The highest BCUT2D eigenvalue weighted by molar-refractivity contribution is 6.11. The Morgan fingerprint density at radius 3 is 2.65 bits per heavy atom. The summed E-state index contributed by atoms with van der Waals surface area (Å²) in [5.74, 6) is 0.688. The van der Waals surface area contributed by atoms with Crippen molar-refractivity contribution in [1.29, 1.82) is 0 Å². The van der Waals surface area contributed by atoms with Crippen molar-refractivity contribution in [1.82, 2.24) is 9.97 Å². The van der Waals surface area contributed by atoms with Gasteiger partial charge in [-0.2, -0.15) is 0 Å². The van der Waals surface area contributed by atoms with Gasteiger partial charge in [0.25, 0.3) is 0 Å². The number of hydrogen-bond acceptors (Lipinski definition) is 8. The predicted molar refractivity (Wildman–Crippen MR) is 151 cm³/mol. The van der Waals surface area contributed by atoms with E-state index in [1.54, 1.807) is 25.4 Å². The third-order valence-corrected chi connectivity index (χ3v) is 5.91. The molecule has 1 aliphatic rings. The maximum atomic E-state index is 15.2. The van der Waals surface area contributed by atoms with E-state index in [4.69, 9.17) is 15.2 Å². The lowest BCUT2D eigenvalue weighted by molar-refractivity contribution is -0.0773. The van der Waals surface area contributed by atoms with Gasteiger partial charge in [-0.1, -0.05) is 26.5 Å². The number of benzene rings is 2. The highest BCUT2D eigenvalue weighted by Gasteiger charge is 2.28. The molecule has 1 atom stereocenters. The summed E-state index contributed by atoms with van der Waals surface area (Å²) in [5.41, 5.74) is 8.80. The molecule has 2 aromatic carbocycles. The summed E-state index contributed by atoms with van der Waals surface area (Å²) in [6.07, 6.45) is 5.83. The van der Waals surface area contributed by atoms with E-state index in [-0.39, 0.29) is 23.3 Å². The molecule has 8 nitrogen and oxygen atoms in total. The second-order valence-electron chi connectivity index (χ2n) is 8.07. The van der Waals surface area contributed by atoms with Crippen LogP contribution in [0.25, 0.3) is 22.6 Å². The van der Waals surface area contributed by atoms with Crippen LogP contribution in [0.3, 0.4) is 0 Å². The zero-order chi connectivity index (χ0) is 26.9. The number of fused-ring (bicyclic) bond motifs is 1. The molecule has 0 radical (unpaired) electrons. The Morgan fingerprint density at radius 2 is 2.05 bits per heavy atom. The largest absolute Gasteiger partial charge is 0.489 e. The van der Waals surface area contributed by atoms with Crippen LogP contribution in [0.4, 0.5) is 21.6 Å². The molecule has 0 bridgehead atoms. The van der Waals surface area contributed by atoms with Crippen LogP contribution in [-0.4, -0.2) is 49.3 Å². The van der Waals surface area contributed by atoms with Crippen LogP contribution in [0.15, 0.2) is 53.4 Å². The number of nitrogens with zero attached hydrogens (tertiary/aromatic N) is 4. The Kier molecular flexibility index (Phi) is 9.45. The highest BCUT2D eigenvalue weighted by Crippen LogP contribution is 2.37. The minimum Gasteiger partial charge on any atom is -0.489 e. The predicted octanol–water partition coefficient (Wildman–Crippen LogP) is 5.93. The fourth-order valence-electron chi connectivity index (χ4n) is 3.82.